The monoisotopic (exact) mass is 186 g/mol. The lowest BCUT2D eigenvalue weighted by atomic mass is 10.1. The fraction of sp³-hybridized carbons (Fsp3) is 0.429. The van der Waals surface area contributed by atoms with Gasteiger partial charge in [0.05, 0.1) is 6.10 Å². The molecule has 0 saturated heterocycles. The van der Waals surface area contributed by atoms with Gasteiger partial charge in [0, 0.05) is 23.7 Å². The summed E-state index contributed by atoms with van der Waals surface area (Å²) in [7, 11) is 0. The first kappa shape index (κ1) is 9.44. The van der Waals surface area contributed by atoms with Crippen LogP contribution in [0, 0.1) is 0 Å². The summed E-state index contributed by atoms with van der Waals surface area (Å²) >= 11 is 3.85. The van der Waals surface area contributed by atoms with Gasteiger partial charge in [-0.2, -0.15) is 12.6 Å². The van der Waals surface area contributed by atoms with Gasteiger partial charge in [0.15, 0.2) is 0 Å². The van der Waals surface area contributed by atoms with Gasteiger partial charge in [0.2, 0.25) is 0 Å². The lowest BCUT2D eigenvalue weighted by Gasteiger charge is -2.14. The molecule has 1 aromatic heterocycles. The number of hydrogen-bond acceptors (Lipinski definition) is 5. The smallest absolute Gasteiger partial charge is 0.115 e. The third kappa shape index (κ3) is 2.17. The van der Waals surface area contributed by atoms with Crippen molar-refractivity contribution in [2.75, 3.05) is 5.75 Å². The molecule has 0 aromatic carbocycles. The van der Waals surface area contributed by atoms with E-state index in [4.69, 9.17) is 0 Å². The lowest BCUT2D eigenvalue weighted by molar-refractivity contribution is 0.0333. The topological polar surface area (TPSA) is 66.2 Å². The van der Waals surface area contributed by atoms with Gasteiger partial charge in [0.1, 0.15) is 12.4 Å². The zero-order chi connectivity index (χ0) is 8.97. The van der Waals surface area contributed by atoms with Crippen LogP contribution in [0.5, 0.6) is 0 Å². The summed E-state index contributed by atoms with van der Waals surface area (Å²) in [4.78, 5) is 7.43. The minimum atomic E-state index is -0.955. The third-order valence-electron chi connectivity index (χ3n) is 1.47. The minimum absolute atomic E-state index is 0.204. The summed E-state index contributed by atoms with van der Waals surface area (Å²) in [6.07, 6.45) is 2.46. The quantitative estimate of drug-likeness (QED) is 0.572. The van der Waals surface area contributed by atoms with Crippen molar-refractivity contribution in [2.24, 2.45) is 0 Å². The molecule has 1 aromatic rings. The van der Waals surface area contributed by atoms with Crippen molar-refractivity contribution in [3.05, 3.63) is 24.3 Å². The van der Waals surface area contributed by atoms with Crippen LogP contribution in [-0.4, -0.2) is 32.0 Å². The van der Waals surface area contributed by atoms with Crippen molar-refractivity contribution in [1.29, 1.82) is 0 Å². The van der Waals surface area contributed by atoms with E-state index >= 15 is 0 Å². The highest BCUT2D eigenvalue weighted by Gasteiger charge is 2.16. The van der Waals surface area contributed by atoms with E-state index < -0.39 is 12.2 Å². The van der Waals surface area contributed by atoms with Gasteiger partial charge < -0.3 is 10.2 Å². The van der Waals surface area contributed by atoms with Gasteiger partial charge in [-0.15, -0.1) is 0 Å². The van der Waals surface area contributed by atoms with E-state index in [9.17, 15) is 10.2 Å². The summed E-state index contributed by atoms with van der Waals surface area (Å²) in [6, 6.07) is 0. The number of thiol groups is 1. The first-order chi connectivity index (χ1) is 5.75. The molecule has 0 aliphatic carbocycles. The molecule has 0 fully saturated rings. The first-order valence-corrected chi connectivity index (χ1v) is 4.11. The molecule has 2 N–H and O–H groups in total. The molecule has 0 bridgehead atoms. The molecule has 4 nitrogen and oxygen atoms in total. The van der Waals surface area contributed by atoms with E-state index in [-0.39, 0.29) is 5.75 Å². The normalized spacial score (nSPS) is 15.6. The summed E-state index contributed by atoms with van der Waals surface area (Å²) in [5.41, 5.74) is 0.499. The standard InChI is InChI=1S/C7H10N2O2S/c10-6(3-12)7(11)5-1-8-4-9-2-5/h1-2,4,6-7,10-12H,3H2. The Labute approximate surface area is 75.7 Å². The first-order valence-electron chi connectivity index (χ1n) is 3.47. The summed E-state index contributed by atoms with van der Waals surface area (Å²) in [6.45, 7) is 0. The predicted molar refractivity (Wildman–Crippen MR) is 46.9 cm³/mol. The lowest BCUT2D eigenvalue weighted by Crippen LogP contribution is -2.19. The fourth-order valence-electron chi connectivity index (χ4n) is 0.785. The predicted octanol–water partition coefficient (Wildman–Crippen LogP) is -0.199. The average Bonchev–Trinajstić information content (AvgIpc) is 2.17. The molecule has 0 spiro atoms. The Morgan fingerprint density at radius 2 is 1.92 bits per heavy atom. The second kappa shape index (κ2) is 4.39. The molecule has 2 atom stereocenters. The molecule has 1 heterocycles. The SMILES string of the molecule is OC(CS)C(O)c1cncnc1. The molecule has 0 amide bonds. The Morgan fingerprint density at radius 3 is 2.42 bits per heavy atom. The molecule has 2 unspecified atom stereocenters. The fourth-order valence-corrected chi connectivity index (χ4v) is 0.985. The van der Waals surface area contributed by atoms with E-state index in [1.165, 1.54) is 18.7 Å². The van der Waals surface area contributed by atoms with E-state index in [2.05, 4.69) is 22.6 Å². The number of aliphatic hydroxyl groups excluding tert-OH is 2. The largest absolute Gasteiger partial charge is 0.389 e. The third-order valence-corrected chi connectivity index (χ3v) is 1.85. The van der Waals surface area contributed by atoms with Gasteiger partial charge in [-0.3, -0.25) is 0 Å². The molecule has 12 heavy (non-hydrogen) atoms. The zero-order valence-corrected chi connectivity index (χ0v) is 7.22. The zero-order valence-electron chi connectivity index (χ0n) is 6.33. The van der Waals surface area contributed by atoms with Crippen LogP contribution >= 0.6 is 12.6 Å². The van der Waals surface area contributed by atoms with Crippen LogP contribution in [-0.2, 0) is 0 Å². The van der Waals surface area contributed by atoms with Crippen molar-refractivity contribution >= 4 is 12.6 Å². The van der Waals surface area contributed by atoms with E-state index in [0.717, 1.165) is 0 Å². The van der Waals surface area contributed by atoms with Gasteiger partial charge in [0.25, 0.3) is 0 Å². The minimum Gasteiger partial charge on any atom is -0.389 e. The molecular weight excluding hydrogens is 176 g/mol. The number of nitrogens with zero attached hydrogens (tertiary/aromatic N) is 2. The van der Waals surface area contributed by atoms with Crippen molar-refractivity contribution in [1.82, 2.24) is 9.97 Å². The highest BCUT2D eigenvalue weighted by molar-refractivity contribution is 7.80. The second-order valence-corrected chi connectivity index (χ2v) is 2.73. The molecule has 0 aliphatic heterocycles. The second-order valence-electron chi connectivity index (χ2n) is 2.37. The molecule has 0 saturated carbocycles. The molecule has 0 radical (unpaired) electrons. The van der Waals surface area contributed by atoms with Crippen molar-refractivity contribution in [3.63, 3.8) is 0 Å². The maximum absolute atomic E-state index is 9.41. The molecule has 5 heteroatoms. The highest BCUT2D eigenvalue weighted by atomic mass is 32.1. The number of aromatic nitrogens is 2. The van der Waals surface area contributed by atoms with Gasteiger partial charge in [-0.05, 0) is 0 Å². The summed E-state index contributed by atoms with van der Waals surface area (Å²) in [5, 5.41) is 18.6. The van der Waals surface area contributed by atoms with Crippen LogP contribution in [0.1, 0.15) is 11.7 Å². The summed E-state index contributed by atoms with van der Waals surface area (Å²) < 4.78 is 0. The van der Waals surface area contributed by atoms with Crippen LogP contribution < -0.4 is 0 Å². The van der Waals surface area contributed by atoms with Gasteiger partial charge >= 0.3 is 0 Å². The van der Waals surface area contributed by atoms with E-state index in [1.54, 1.807) is 0 Å². The van der Waals surface area contributed by atoms with E-state index in [0.29, 0.717) is 5.56 Å². The number of rotatable bonds is 3. The van der Waals surface area contributed by atoms with Crippen LogP contribution in [0.2, 0.25) is 0 Å². The number of hydrogen-bond donors (Lipinski definition) is 3. The average molecular weight is 186 g/mol. The van der Waals surface area contributed by atoms with Crippen LogP contribution in [0.15, 0.2) is 18.7 Å². The molecule has 66 valence electrons. The Morgan fingerprint density at radius 1 is 1.33 bits per heavy atom. The van der Waals surface area contributed by atoms with Gasteiger partial charge in [-0.1, -0.05) is 0 Å². The van der Waals surface area contributed by atoms with Crippen LogP contribution in [0.3, 0.4) is 0 Å². The van der Waals surface area contributed by atoms with E-state index in [1.807, 2.05) is 0 Å². The van der Waals surface area contributed by atoms with Crippen molar-refractivity contribution in [2.45, 2.75) is 12.2 Å². The Bertz CT molecular complexity index is 232. The maximum Gasteiger partial charge on any atom is 0.115 e. The van der Waals surface area contributed by atoms with Gasteiger partial charge in [-0.25, -0.2) is 9.97 Å². The maximum atomic E-state index is 9.41. The molecular formula is C7H10N2O2S. The van der Waals surface area contributed by atoms with Crippen molar-refractivity contribution in [3.8, 4) is 0 Å². The Balaban J connectivity index is 2.71. The molecule has 0 aliphatic rings. The molecule has 1 rings (SSSR count). The number of aliphatic hydroxyl groups is 2. The Hall–Kier alpha value is -0.650. The van der Waals surface area contributed by atoms with Crippen molar-refractivity contribution < 1.29 is 10.2 Å². The summed E-state index contributed by atoms with van der Waals surface area (Å²) in [5.74, 6) is 0.204. The van der Waals surface area contributed by atoms with Crippen LogP contribution in [0.4, 0.5) is 0 Å². The van der Waals surface area contributed by atoms with Crippen LogP contribution in [0.25, 0.3) is 0 Å². The highest BCUT2D eigenvalue weighted by Crippen LogP contribution is 2.14. The Kier molecular flexibility index (Phi) is 3.46.